The highest BCUT2D eigenvalue weighted by molar-refractivity contribution is 4.92. The lowest BCUT2D eigenvalue weighted by Gasteiger charge is -2.03. The Hall–Kier alpha value is -0.970. The maximum Gasteiger partial charge on any atom is 0.319 e. The molecule has 1 rings (SSSR count). The number of hydrogen-bond acceptors (Lipinski definition) is 2. The molecule has 0 fully saturated rings. The molecule has 1 aromatic heterocycles. The van der Waals surface area contributed by atoms with Crippen LogP contribution in [0.25, 0.3) is 0 Å². The average Bonchev–Trinajstić information content (AvgIpc) is 2.36. The van der Waals surface area contributed by atoms with Gasteiger partial charge in [0.05, 0.1) is 6.61 Å². The molecule has 0 aliphatic rings. The van der Waals surface area contributed by atoms with Gasteiger partial charge in [0.2, 0.25) is 0 Å². The molecule has 0 spiro atoms. The van der Waals surface area contributed by atoms with E-state index in [-0.39, 0.29) is 18.9 Å². The maximum absolute atomic E-state index is 12.0. The number of alkyl halides is 2. The second kappa shape index (κ2) is 3.43. The normalized spacial score (nSPS) is 10.9. The summed E-state index contributed by atoms with van der Waals surface area (Å²) in [4.78, 5) is 3.65. The fourth-order valence-corrected chi connectivity index (χ4v) is 0.815. The predicted molar refractivity (Wildman–Crippen MR) is 34.3 cm³/mol. The van der Waals surface area contributed by atoms with Gasteiger partial charge < -0.3 is 5.11 Å². The Balaban J connectivity index is 2.78. The van der Waals surface area contributed by atoms with E-state index in [1.54, 1.807) is 0 Å². The molecule has 1 heterocycles. The van der Waals surface area contributed by atoms with Crippen molar-refractivity contribution in [3.05, 3.63) is 18.2 Å². The minimum atomic E-state index is -2.57. The van der Waals surface area contributed by atoms with Crippen LogP contribution in [0, 0.1) is 0 Å². The van der Waals surface area contributed by atoms with Crippen molar-refractivity contribution in [1.82, 2.24) is 9.55 Å². The Labute approximate surface area is 62.3 Å². The predicted octanol–water partition coefficient (Wildman–Crippen LogP) is 0.813. The summed E-state index contributed by atoms with van der Waals surface area (Å²) in [6.07, 6.45) is 2.64. The zero-order valence-electron chi connectivity index (χ0n) is 5.74. The quantitative estimate of drug-likeness (QED) is 0.714. The van der Waals surface area contributed by atoms with Gasteiger partial charge in [0.15, 0.2) is 0 Å². The number of aliphatic hydroxyl groups excluding tert-OH is 1. The van der Waals surface area contributed by atoms with Gasteiger partial charge in [0.25, 0.3) is 0 Å². The molecule has 0 aliphatic carbocycles. The van der Waals surface area contributed by atoms with Crippen LogP contribution in [0.5, 0.6) is 0 Å². The smallest absolute Gasteiger partial charge is 0.319 e. The van der Waals surface area contributed by atoms with E-state index in [9.17, 15) is 8.78 Å². The van der Waals surface area contributed by atoms with E-state index in [1.807, 2.05) is 0 Å². The topological polar surface area (TPSA) is 38.1 Å². The van der Waals surface area contributed by atoms with Crippen molar-refractivity contribution in [3.63, 3.8) is 0 Å². The van der Waals surface area contributed by atoms with Crippen LogP contribution in [0.3, 0.4) is 0 Å². The van der Waals surface area contributed by atoms with Crippen molar-refractivity contribution in [2.45, 2.75) is 13.0 Å². The van der Waals surface area contributed by atoms with Crippen LogP contribution in [0.4, 0.5) is 8.78 Å². The lowest BCUT2D eigenvalue weighted by molar-refractivity contribution is 0.0662. The van der Waals surface area contributed by atoms with Crippen LogP contribution in [0.15, 0.2) is 12.4 Å². The third-order valence-corrected chi connectivity index (χ3v) is 1.29. The van der Waals surface area contributed by atoms with Gasteiger partial charge in [-0.25, -0.2) is 4.98 Å². The van der Waals surface area contributed by atoms with E-state index in [2.05, 4.69) is 4.98 Å². The molecule has 0 amide bonds. The number of rotatable bonds is 3. The van der Waals surface area contributed by atoms with Gasteiger partial charge in [0.1, 0.15) is 5.82 Å². The fourth-order valence-electron chi connectivity index (χ4n) is 0.815. The molecule has 0 unspecified atom stereocenters. The molecule has 0 bridgehead atoms. The van der Waals surface area contributed by atoms with Gasteiger partial charge in [-0.05, 0) is 0 Å². The second-order valence-corrected chi connectivity index (χ2v) is 2.00. The lowest BCUT2D eigenvalue weighted by atomic mass is 10.4. The minimum absolute atomic E-state index is 0.163. The van der Waals surface area contributed by atoms with E-state index in [1.165, 1.54) is 12.4 Å². The Bertz CT molecular complexity index is 224. The van der Waals surface area contributed by atoms with Crippen molar-refractivity contribution < 1.29 is 13.9 Å². The van der Waals surface area contributed by atoms with Crippen molar-refractivity contribution in [2.24, 2.45) is 0 Å². The molecule has 3 nitrogen and oxygen atoms in total. The molecule has 0 aliphatic heterocycles. The van der Waals surface area contributed by atoms with Gasteiger partial charge in [0, 0.05) is 18.8 Å². The van der Waals surface area contributed by atoms with Gasteiger partial charge in [-0.3, -0.25) is 4.57 Å². The minimum Gasteiger partial charge on any atom is -0.396 e. The molecule has 0 aromatic carbocycles. The first kappa shape index (κ1) is 8.13. The van der Waals surface area contributed by atoms with Gasteiger partial charge >= 0.3 is 6.55 Å². The summed E-state index contributed by atoms with van der Waals surface area (Å²) in [6, 6.07) is 0. The zero-order valence-corrected chi connectivity index (χ0v) is 5.74. The Morgan fingerprint density at radius 1 is 1.64 bits per heavy atom. The van der Waals surface area contributed by atoms with Crippen molar-refractivity contribution in [1.29, 1.82) is 0 Å². The van der Waals surface area contributed by atoms with Gasteiger partial charge in [-0.1, -0.05) is 0 Å². The number of aromatic nitrogens is 2. The summed E-state index contributed by atoms with van der Waals surface area (Å²) in [6.45, 7) is -2.73. The number of nitrogens with zero attached hydrogens (tertiary/aromatic N) is 2. The van der Waals surface area contributed by atoms with Crippen molar-refractivity contribution in [2.75, 3.05) is 6.61 Å². The highest BCUT2D eigenvalue weighted by atomic mass is 19.3. The van der Waals surface area contributed by atoms with Crippen LogP contribution in [0.1, 0.15) is 12.4 Å². The van der Waals surface area contributed by atoms with Crippen LogP contribution >= 0.6 is 0 Å². The SMILES string of the molecule is OCCc1nccn1C(F)F. The molecule has 0 saturated heterocycles. The summed E-state index contributed by atoms with van der Waals surface area (Å²) in [7, 11) is 0. The molecule has 1 aromatic rings. The van der Waals surface area contributed by atoms with Crippen molar-refractivity contribution >= 4 is 0 Å². The monoisotopic (exact) mass is 162 g/mol. The molecule has 11 heavy (non-hydrogen) atoms. The highest BCUT2D eigenvalue weighted by Gasteiger charge is 2.09. The summed E-state index contributed by atoms with van der Waals surface area (Å²) < 4.78 is 24.8. The molecular formula is C6H8F2N2O. The molecule has 1 N–H and O–H groups in total. The Morgan fingerprint density at radius 3 is 2.91 bits per heavy atom. The third kappa shape index (κ3) is 1.74. The van der Waals surface area contributed by atoms with E-state index < -0.39 is 6.55 Å². The van der Waals surface area contributed by atoms with Crippen LogP contribution in [0.2, 0.25) is 0 Å². The van der Waals surface area contributed by atoms with E-state index in [0.29, 0.717) is 0 Å². The standard InChI is InChI=1S/C6H8F2N2O/c7-6(8)10-3-2-9-5(10)1-4-11/h2-3,6,11H,1,4H2. The number of imidazole rings is 1. The lowest BCUT2D eigenvalue weighted by Crippen LogP contribution is -2.05. The third-order valence-electron chi connectivity index (χ3n) is 1.29. The van der Waals surface area contributed by atoms with Crippen molar-refractivity contribution in [3.8, 4) is 0 Å². The van der Waals surface area contributed by atoms with Crippen LogP contribution < -0.4 is 0 Å². The van der Waals surface area contributed by atoms with E-state index in [4.69, 9.17) is 5.11 Å². The largest absolute Gasteiger partial charge is 0.396 e. The average molecular weight is 162 g/mol. The van der Waals surface area contributed by atoms with Crippen LogP contribution in [-0.4, -0.2) is 21.3 Å². The molecule has 62 valence electrons. The summed E-state index contributed by atoms with van der Waals surface area (Å²) in [5, 5.41) is 8.45. The fraction of sp³-hybridized carbons (Fsp3) is 0.500. The number of hydrogen-bond donors (Lipinski definition) is 1. The molecule has 0 atom stereocenters. The summed E-state index contributed by atoms with van der Waals surface area (Å²) >= 11 is 0. The Morgan fingerprint density at radius 2 is 2.36 bits per heavy atom. The highest BCUT2D eigenvalue weighted by Crippen LogP contribution is 2.11. The molecule has 5 heteroatoms. The first-order chi connectivity index (χ1) is 5.25. The zero-order chi connectivity index (χ0) is 8.27. The van der Waals surface area contributed by atoms with Crippen LogP contribution in [-0.2, 0) is 6.42 Å². The second-order valence-electron chi connectivity index (χ2n) is 2.00. The number of aliphatic hydroxyl groups is 1. The summed E-state index contributed by atoms with van der Waals surface area (Å²) in [5.41, 5.74) is 0. The molecule has 0 radical (unpaired) electrons. The Kier molecular flexibility index (Phi) is 2.53. The molecular weight excluding hydrogens is 154 g/mol. The number of halogens is 2. The van der Waals surface area contributed by atoms with E-state index in [0.717, 1.165) is 4.57 Å². The van der Waals surface area contributed by atoms with Gasteiger partial charge in [-0.15, -0.1) is 0 Å². The maximum atomic E-state index is 12.0. The molecule has 0 saturated carbocycles. The van der Waals surface area contributed by atoms with Gasteiger partial charge in [-0.2, -0.15) is 8.78 Å². The van der Waals surface area contributed by atoms with E-state index >= 15 is 0 Å². The first-order valence-corrected chi connectivity index (χ1v) is 3.16. The first-order valence-electron chi connectivity index (χ1n) is 3.16. The summed E-state index contributed by atoms with van der Waals surface area (Å²) in [5.74, 6) is 0.211.